The van der Waals surface area contributed by atoms with Crippen molar-refractivity contribution in [2.45, 2.75) is 109 Å². The highest BCUT2D eigenvalue weighted by Crippen LogP contribution is 2.11. The van der Waals surface area contributed by atoms with Crippen LogP contribution in [0.1, 0.15) is 78.2 Å². The molecule has 0 aromatic heterocycles. The number of guanidine groups is 1. The Bertz CT molecular complexity index is 1310. The minimum atomic E-state index is -1.22. The number of carbonyl (C=O) groups excluding carboxylic acids is 5. The van der Waals surface area contributed by atoms with Crippen LogP contribution >= 0.6 is 0 Å². The van der Waals surface area contributed by atoms with Gasteiger partial charge in [-0.15, -0.1) is 0 Å². The molecule has 17 nitrogen and oxygen atoms in total. The number of unbranched alkanes of at least 4 members (excludes halogenated alkanes) is 1. The van der Waals surface area contributed by atoms with Gasteiger partial charge in [0.1, 0.15) is 24.2 Å². The van der Waals surface area contributed by atoms with Crippen LogP contribution in [0.4, 0.5) is 0 Å². The van der Waals surface area contributed by atoms with Gasteiger partial charge < -0.3 is 54.2 Å². The Morgan fingerprint density at radius 2 is 1.38 bits per heavy atom. The van der Waals surface area contributed by atoms with Gasteiger partial charge in [-0.1, -0.05) is 64.4 Å². The predicted octanol–water partition coefficient (Wildman–Crippen LogP) is -0.819. The summed E-state index contributed by atoms with van der Waals surface area (Å²) in [6, 6.07) is 3.92. The van der Waals surface area contributed by atoms with E-state index in [1.54, 1.807) is 6.92 Å². The largest absolute Gasteiger partial charge is 0.480 e. The first kappa shape index (κ1) is 45.3. The summed E-state index contributed by atoms with van der Waals surface area (Å²) in [6.07, 6.45) is 2.72. The van der Waals surface area contributed by atoms with Gasteiger partial charge in [-0.3, -0.25) is 29.4 Å². The van der Waals surface area contributed by atoms with Gasteiger partial charge >= 0.3 is 5.97 Å². The molecule has 0 saturated heterocycles. The van der Waals surface area contributed by atoms with E-state index >= 15 is 0 Å². The van der Waals surface area contributed by atoms with Crippen LogP contribution in [-0.4, -0.2) is 96.4 Å². The Morgan fingerprint density at radius 3 is 1.96 bits per heavy atom. The van der Waals surface area contributed by atoms with Gasteiger partial charge in [0.05, 0.1) is 12.6 Å². The molecule has 5 amide bonds. The third-order valence-electron chi connectivity index (χ3n) is 8.39. The Morgan fingerprint density at radius 1 is 0.788 bits per heavy atom. The van der Waals surface area contributed by atoms with E-state index in [0.717, 1.165) is 5.56 Å². The van der Waals surface area contributed by atoms with Crippen molar-refractivity contribution in [1.29, 1.82) is 5.41 Å². The first-order valence-corrected chi connectivity index (χ1v) is 17.9. The molecule has 0 aliphatic carbocycles. The van der Waals surface area contributed by atoms with Crippen LogP contribution in [-0.2, 0) is 35.2 Å². The predicted molar refractivity (Wildman–Crippen MR) is 197 cm³/mol. The molecule has 0 radical (unpaired) electrons. The molecule has 0 saturated carbocycles. The van der Waals surface area contributed by atoms with Gasteiger partial charge in [0.15, 0.2) is 5.96 Å². The topological polar surface area (TPSA) is 297 Å². The van der Waals surface area contributed by atoms with Gasteiger partial charge in [0.25, 0.3) is 0 Å². The molecule has 17 heteroatoms. The molecule has 0 heterocycles. The number of benzene rings is 1. The van der Waals surface area contributed by atoms with Crippen LogP contribution < -0.4 is 49.1 Å². The Hall–Kier alpha value is -4.77. The second-order valence-corrected chi connectivity index (χ2v) is 13.4. The summed E-state index contributed by atoms with van der Waals surface area (Å²) in [6.45, 7) is 7.29. The Balaban J connectivity index is 3.00. The molecule has 6 atom stereocenters. The summed E-state index contributed by atoms with van der Waals surface area (Å²) >= 11 is 0. The fourth-order valence-electron chi connectivity index (χ4n) is 5.24. The SMILES string of the molecule is CC[C@H](C)[C@H](NC(=O)[C@H](CCCCN)NC(=O)[C@@H](N)Cc1ccccc1)C(=O)NCC(=O)N[C@@H](CCCNC(=N)N)C(=O)N[C@@H](CC(C)C)C(=O)O. The summed E-state index contributed by atoms with van der Waals surface area (Å²) < 4.78 is 0. The zero-order chi connectivity index (χ0) is 39.2. The van der Waals surface area contributed by atoms with Crippen molar-refractivity contribution in [3.63, 3.8) is 0 Å². The van der Waals surface area contributed by atoms with Crippen LogP contribution in [0.5, 0.6) is 0 Å². The van der Waals surface area contributed by atoms with Crippen LogP contribution in [0.15, 0.2) is 30.3 Å². The molecule has 1 aromatic rings. The molecule has 0 fully saturated rings. The third-order valence-corrected chi connectivity index (χ3v) is 8.39. The van der Waals surface area contributed by atoms with Crippen LogP contribution in [0, 0.1) is 17.2 Å². The van der Waals surface area contributed by atoms with E-state index < -0.39 is 72.3 Å². The fourth-order valence-corrected chi connectivity index (χ4v) is 5.24. The van der Waals surface area contributed by atoms with Crippen molar-refractivity contribution in [2.24, 2.45) is 29.0 Å². The van der Waals surface area contributed by atoms with Gasteiger partial charge in [-0.25, -0.2) is 4.79 Å². The number of amides is 5. The first-order valence-electron chi connectivity index (χ1n) is 17.9. The lowest BCUT2D eigenvalue weighted by molar-refractivity contribution is -0.142. The quantitative estimate of drug-likeness (QED) is 0.0335. The van der Waals surface area contributed by atoms with Crippen molar-refractivity contribution in [2.75, 3.05) is 19.6 Å². The number of carboxylic acid groups (broad SMARTS) is 1. The third kappa shape index (κ3) is 17.9. The number of hydrogen-bond donors (Lipinski definition) is 11. The van der Waals surface area contributed by atoms with E-state index in [-0.39, 0.29) is 50.0 Å². The summed E-state index contributed by atoms with van der Waals surface area (Å²) in [5.41, 5.74) is 18.0. The maximum absolute atomic E-state index is 13.5. The molecule has 1 aromatic carbocycles. The number of rotatable bonds is 25. The monoisotopic (exact) mass is 732 g/mol. The lowest BCUT2D eigenvalue weighted by Gasteiger charge is -2.27. The molecule has 0 unspecified atom stereocenters. The van der Waals surface area contributed by atoms with E-state index in [1.165, 1.54) is 0 Å². The number of aliphatic carboxylic acids is 1. The zero-order valence-corrected chi connectivity index (χ0v) is 30.8. The van der Waals surface area contributed by atoms with Crippen molar-refractivity contribution >= 4 is 41.5 Å². The molecule has 14 N–H and O–H groups in total. The number of carbonyl (C=O) groups is 6. The van der Waals surface area contributed by atoms with E-state index in [9.17, 15) is 33.9 Å². The van der Waals surface area contributed by atoms with E-state index in [1.807, 2.05) is 51.1 Å². The second kappa shape index (κ2) is 24.4. The van der Waals surface area contributed by atoms with Crippen molar-refractivity contribution < 1.29 is 33.9 Å². The number of carboxylic acids is 1. The Labute approximate surface area is 306 Å². The smallest absolute Gasteiger partial charge is 0.326 e. The summed E-state index contributed by atoms with van der Waals surface area (Å²) in [5, 5.41) is 32.5. The van der Waals surface area contributed by atoms with Gasteiger partial charge in [0.2, 0.25) is 29.5 Å². The molecule has 0 aliphatic rings. The van der Waals surface area contributed by atoms with Crippen molar-refractivity contribution in [3.8, 4) is 0 Å². The lowest BCUT2D eigenvalue weighted by Crippen LogP contribution is -2.58. The summed E-state index contributed by atoms with van der Waals surface area (Å²) in [5.74, 6) is -5.09. The average molecular weight is 733 g/mol. The van der Waals surface area contributed by atoms with Gasteiger partial charge in [-0.2, -0.15) is 0 Å². The molecule has 292 valence electrons. The molecule has 52 heavy (non-hydrogen) atoms. The van der Waals surface area contributed by atoms with Crippen LogP contribution in [0.2, 0.25) is 0 Å². The zero-order valence-electron chi connectivity index (χ0n) is 30.8. The minimum Gasteiger partial charge on any atom is -0.480 e. The minimum absolute atomic E-state index is 0.0296. The van der Waals surface area contributed by atoms with Crippen molar-refractivity contribution in [3.05, 3.63) is 35.9 Å². The van der Waals surface area contributed by atoms with E-state index in [0.29, 0.717) is 32.2 Å². The van der Waals surface area contributed by atoms with Crippen molar-refractivity contribution in [1.82, 2.24) is 31.9 Å². The number of nitrogens with two attached hydrogens (primary N) is 3. The highest BCUT2D eigenvalue weighted by Gasteiger charge is 2.32. The number of nitrogens with one attached hydrogen (secondary N) is 7. The van der Waals surface area contributed by atoms with E-state index in [2.05, 4.69) is 31.9 Å². The highest BCUT2D eigenvalue weighted by molar-refractivity contribution is 5.95. The normalized spacial score (nSPS) is 14.4. The maximum Gasteiger partial charge on any atom is 0.326 e. The highest BCUT2D eigenvalue weighted by atomic mass is 16.4. The molecule has 0 bridgehead atoms. The molecular formula is C35H60N10O7. The molecule has 0 aliphatic heterocycles. The van der Waals surface area contributed by atoms with Crippen LogP contribution in [0.3, 0.4) is 0 Å². The fraction of sp³-hybridized carbons (Fsp3) is 0.629. The lowest BCUT2D eigenvalue weighted by atomic mass is 9.97. The van der Waals surface area contributed by atoms with Gasteiger partial charge in [-0.05, 0) is 68.9 Å². The summed E-state index contributed by atoms with van der Waals surface area (Å²) in [4.78, 5) is 77.8. The van der Waals surface area contributed by atoms with Crippen LogP contribution in [0.25, 0.3) is 0 Å². The standard InChI is InChI=1S/C35H60N10O7/c1-5-22(4)29(45-32(49)26(14-9-10-16-36)43-30(47)24(37)19-23-12-7-6-8-13-23)33(50)41-20-28(46)42-25(15-11-17-40-35(38)39)31(48)44-27(34(51)52)18-21(2)3/h6-8,12-13,21-22,24-27,29H,5,9-11,14-20,36-37H2,1-4H3,(H,41,50)(H,42,46)(H,43,47)(H,44,48)(H,45,49)(H,51,52)(H4,38,39,40)/t22-,24-,25-,26-,27-,29-/m0/s1. The number of hydrogen-bond acceptors (Lipinski definition) is 9. The van der Waals surface area contributed by atoms with E-state index in [4.69, 9.17) is 22.6 Å². The average Bonchev–Trinajstić information content (AvgIpc) is 3.09. The second-order valence-electron chi connectivity index (χ2n) is 13.4. The Kier molecular flexibility index (Phi) is 21.3. The summed E-state index contributed by atoms with van der Waals surface area (Å²) in [7, 11) is 0. The van der Waals surface area contributed by atoms with Gasteiger partial charge in [0, 0.05) is 6.54 Å². The maximum atomic E-state index is 13.5. The molecular weight excluding hydrogens is 672 g/mol. The molecule has 0 spiro atoms. The first-order chi connectivity index (χ1) is 24.6. The molecule has 1 rings (SSSR count).